The molecular weight excluding hydrogens is 464 g/mol. The highest BCUT2D eigenvalue weighted by Gasteiger charge is 2.02. The maximum absolute atomic E-state index is 10.9. The van der Waals surface area contributed by atoms with E-state index in [0.717, 1.165) is 70.6 Å². The van der Waals surface area contributed by atoms with Crippen molar-refractivity contribution in [3.63, 3.8) is 0 Å². The predicted octanol–water partition coefficient (Wildman–Crippen LogP) is 4.62. The average Bonchev–Trinajstić information content (AvgIpc) is 2.88. The highest BCUT2D eigenvalue weighted by atomic mass is 16.5. The SMILES string of the molecule is C#CC(O)/C=C/CCCCCCC#C[C@@H](O)/C=C\C(O)C#CCCCCCC/C=C/[C@@H](C#C)OC(C)=O. The molecule has 0 aromatic heterocycles. The van der Waals surface area contributed by atoms with Crippen LogP contribution in [-0.2, 0) is 9.53 Å². The number of esters is 1. The van der Waals surface area contributed by atoms with Crippen LogP contribution in [0.4, 0.5) is 0 Å². The number of ether oxygens (including phenoxy) is 1. The van der Waals surface area contributed by atoms with Crippen molar-refractivity contribution in [2.24, 2.45) is 0 Å². The van der Waals surface area contributed by atoms with Crippen molar-refractivity contribution in [3.8, 4) is 48.4 Å². The molecule has 5 heteroatoms. The zero-order valence-electron chi connectivity index (χ0n) is 22.1. The fraction of sp³-hybridized carbons (Fsp3) is 0.531. The molecule has 37 heavy (non-hydrogen) atoms. The largest absolute Gasteiger partial charge is 0.445 e. The fourth-order valence-electron chi connectivity index (χ4n) is 3.13. The van der Waals surface area contributed by atoms with Gasteiger partial charge in [0.15, 0.2) is 6.10 Å². The number of aliphatic hydroxyl groups excluding tert-OH is 3. The molecular formula is C32H42O5. The van der Waals surface area contributed by atoms with Crippen molar-refractivity contribution < 1.29 is 24.9 Å². The Hall–Kier alpha value is -3.19. The Bertz CT molecular complexity index is 907. The number of rotatable bonds is 17. The van der Waals surface area contributed by atoms with E-state index in [2.05, 4.69) is 35.5 Å². The third kappa shape index (κ3) is 24.3. The van der Waals surface area contributed by atoms with Gasteiger partial charge in [0.25, 0.3) is 0 Å². The zero-order chi connectivity index (χ0) is 27.6. The van der Waals surface area contributed by atoms with E-state index in [-0.39, 0.29) is 0 Å². The first-order valence-corrected chi connectivity index (χ1v) is 13.0. The monoisotopic (exact) mass is 506 g/mol. The fourth-order valence-corrected chi connectivity index (χ4v) is 3.13. The predicted molar refractivity (Wildman–Crippen MR) is 150 cm³/mol. The molecule has 0 aliphatic heterocycles. The van der Waals surface area contributed by atoms with Crippen LogP contribution in [0.3, 0.4) is 0 Å². The Morgan fingerprint density at radius 2 is 1.19 bits per heavy atom. The van der Waals surface area contributed by atoms with Gasteiger partial charge in [-0.25, -0.2) is 0 Å². The van der Waals surface area contributed by atoms with E-state index in [1.807, 2.05) is 12.2 Å². The van der Waals surface area contributed by atoms with Crippen molar-refractivity contribution in [2.75, 3.05) is 0 Å². The summed E-state index contributed by atoms with van der Waals surface area (Å²) in [5.41, 5.74) is 0. The molecule has 0 radical (unpaired) electrons. The molecule has 5 nitrogen and oxygen atoms in total. The van der Waals surface area contributed by atoms with Crippen LogP contribution in [0.1, 0.15) is 84.0 Å². The lowest BCUT2D eigenvalue weighted by Crippen LogP contribution is -2.10. The number of terminal acetylenes is 2. The maximum Gasteiger partial charge on any atom is 0.304 e. The second-order valence-corrected chi connectivity index (χ2v) is 8.49. The molecule has 0 bridgehead atoms. The van der Waals surface area contributed by atoms with Crippen LogP contribution in [0.15, 0.2) is 36.5 Å². The molecule has 4 atom stereocenters. The molecule has 200 valence electrons. The number of hydrogen-bond acceptors (Lipinski definition) is 5. The van der Waals surface area contributed by atoms with Crippen LogP contribution in [0.2, 0.25) is 0 Å². The number of hydrogen-bond donors (Lipinski definition) is 3. The Labute approximate surface area is 224 Å². The number of carbonyl (C=O) groups excluding carboxylic acids is 1. The van der Waals surface area contributed by atoms with Crippen LogP contribution >= 0.6 is 0 Å². The molecule has 0 heterocycles. The molecule has 0 aliphatic carbocycles. The van der Waals surface area contributed by atoms with Crippen LogP contribution in [-0.4, -0.2) is 45.7 Å². The van der Waals surface area contributed by atoms with E-state index >= 15 is 0 Å². The summed E-state index contributed by atoms with van der Waals surface area (Å²) in [5.74, 6) is 15.7. The van der Waals surface area contributed by atoms with Crippen molar-refractivity contribution in [3.05, 3.63) is 36.5 Å². The minimum absolute atomic E-state index is 0.391. The molecule has 0 aliphatic rings. The molecule has 3 N–H and O–H groups in total. The van der Waals surface area contributed by atoms with Crippen LogP contribution in [0, 0.1) is 48.4 Å². The molecule has 0 saturated carbocycles. The molecule has 0 rings (SSSR count). The van der Waals surface area contributed by atoms with Gasteiger partial charge in [-0.15, -0.1) is 24.7 Å². The smallest absolute Gasteiger partial charge is 0.304 e. The molecule has 0 spiro atoms. The first kappa shape index (κ1) is 33.8. The molecule has 0 amide bonds. The number of carbonyl (C=O) groups is 1. The Morgan fingerprint density at radius 1 is 0.703 bits per heavy atom. The van der Waals surface area contributed by atoms with E-state index in [1.54, 1.807) is 12.2 Å². The summed E-state index contributed by atoms with van der Waals surface area (Å²) >= 11 is 0. The number of allylic oxidation sites excluding steroid dienone is 2. The third-order valence-electron chi connectivity index (χ3n) is 5.08. The minimum atomic E-state index is -0.918. The molecule has 0 aromatic rings. The standard InChI is InChI=1S/C32H42O5/c1-4-29(34)22-18-14-10-6-7-11-15-19-23-30(35)26-27-31(36)24-20-16-12-8-9-13-17-21-25-32(5-2)37-28(3)33/h1-2,18,21-22,25-27,29-32,34-36H,6-17H2,3H3/b22-18+,25-21+,27-26-/t29?,30-,31?,32-/m1/s1. The van der Waals surface area contributed by atoms with E-state index < -0.39 is 30.4 Å². The van der Waals surface area contributed by atoms with Crippen molar-refractivity contribution in [1.29, 1.82) is 0 Å². The van der Waals surface area contributed by atoms with Gasteiger partial charge in [0, 0.05) is 19.8 Å². The molecule has 0 aromatic carbocycles. The van der Waals surface area contributed by atoms with Gasteiger partial charge in [0.05, 0.1) is 0 Å². The van der Waals surface area contributed by atoms with Crippen molar-refractivity contribution in [1.82, 2.24) is 0 Å². The number of unbranched alkanes of at least 4 members (excludes halogenated alkanes) is 10. The summed E-state index contributed by atoms with van der Waals surface area (Å²) in [4.78, 5) is 10.9. The van der Waals surface area contributed by atoms with Gasteiger partial charge in [-0.05, 0) is 62.8 Å². The van der Waals surface area contributed by atoms with Gasteiger partial charge in [-0.2, -0.15) is 0 Å². The van der Waals surface area contributed by atoms with Crippen LogP contribution in [0.25, 0.3) is 0 Å². The lowest BCUT2D eigenvalue weighted by atomic mass is 10.1. The Morgan fingerprint density at radius 3 is 1.65 bits per heavy atom. The van der Waals surface area contributed by atoms with Gasteiger partial charge in [-0.3, -0.25) is 4.79 Å². The van der Waals surface area contributed by atoms with Crippen molar-refractivity contribution in [2.45, 2.75) is 108 Å². The van der Waals surface area contributed by atoms with Crippen molar-refractivity contribution >= 4 is 5.97 Å². The molecule has 0 saturated heterocycles. The van der Waals surface area contributed by atoms with Gasteiger partial charge in [-0.1, -0.05) is 61.5 Å². The minimum Gasteiger partial charge on any atom is -0.445 e. The maximum atomic E-state index is 10.9. The second-order valence-electron chi connectivity index (χ2n) is 8.49. The highest BCUT2D eigenvalue weighted by molar-refractivity contribution is 5.66. The summed E-state index contributed by atoms with van der Waals surface area (Å²) < 4.78 is 4.94. The molecule has 2 unspecified atom stereocenters. The summed E-state index contributed by atoms with van der Waals surface area (Å²) in [5, 5.41) is 29.0. The molecule has 0 fully saturated rings. The van der Waals surface area contributed by atoms with E-state index in [0.29, 0.717) is 6.42 Å². The topological polar surface area (TPSA) is 87.0 Å². The Kier molecular flexibility index (Phi) is 22.4. The van der Waals surface area contributed by atoms with Gasteiger partial charge in [0.2, 0.25) is 0 Å². The lowest BCUT2D eigenvalue weighted by Gasteiger charge is -2.04. The van der Waals surface area contributed by atoms with E-state index in [9.17, 15) is 20.1 Å². The van der Waals surface area contributed by atoms with E-state index in [1.165, 1.54) is 19.1 Å². The second kappa shape index (κ2) is 24.5. The average molecular weight is 507 g/mol. The van der Waals surface area contributed by atoms with Gasteiger partial charge >= 0.3 is 5.97 Å². The first-order valence-electron chi connectivity index (χ1n) is 13.0. The van der Waals surface area contributed by atoms with Gasteiger partial charge < -0.3 is 20.1 Å². The highest BCUT2D eigenvalue weighted by Crippen LogP contribution is 2.07. The summed E-state index contributed by atoms with van der Waals surface area (Å²) in [6.07, 6.45) is 28.7. The normalized spacial score (nSPS) is 14.1. The Balaban J connectivity index is 3.84. The summed E-state index contributed by atoms with van der Waals surface area (Å²) in [7, 11) is 0. The zero-order valence-corrected chi connectivity index (χ0v) is 22.1. The van der Waals surface area contributed by atoms with Crippen LogP contribution in [0.5, 0.6) is 0 Å². The summed E-state index contributed by atoms with van der Waals surface area (Å²) in [6.45, 7) is 1.33. The number of aliphatic hydroxyl groups is 3. The quantitative estimate of drug-likeness (QED) is 0.116. The van der Waals surface area contributed by atoms with Gasteiger partial charge in [0.1, 0.15) is 18.3 Å². The van der Waals surface area contributed by atoms with Crippen LogP contribution < -0.4 is 0 Å². The summed E-state index contributed by atoms with van der Waals surface area (Å²) in [6, 6.07) is 0. The van der Waals surface area contributed by atoms with E-state index in [4.69, 9.17) is 17.6 Å². The lowest BCUT2D eigenvalue weighted by molar-refractivity contribution is -0.142. The first-order chi connectivity index (χ1) is 17.9. The third-order valence-corrected chi connectivity index (χ3v) is 5.08.